The van der Waals surface area contributed by atoms with Crippen LogP contribution in [0.5, 0.6) is 5.75 Å². The number of carbonyl (C=O) groups excluding carboxylic acids is 1. The van der Waals surface area contributed by atoms with Gasteiger partial charge >= 0.3 is 0 Å². The fourth-order valence-corrected chi connectivity index (χ4v) is 5.92. The number of halogens is 3. The van der Waals surface area contributed by atoms with Gasteiger partial charge in [0.25, 0.3) is 0 Å². The minimum atomic E-state index is -3.82. The molecular weight excluding hydrogens is 471 g/mol. The molecule has 0 aliphatic carbocycles. The summed E-state index contributed by atoms with van der Waals surface area (Å²) < 4.78 is 33.3. The number of hydrogen-bond acceptors (Lipinski definition) is 4. The molecule has 2 N–H and O–H groups in total. The zero-order valence-electron chi connectivity index (χ0n) is 16.0. The fourth-order valence-electron chi connectivity index (χ4n) is 3.56. The Labute approximate surface area is 190 Å². The summed E-state index contributed by atoms with van der Waals surface area (Å²) in [7, 11) is -3.82. The van der Waals surface area contributed by atoms with Crippen molar-refractivity contribution in [1.29, 1.82) is 0 Å². The van der Waals surface area contributed by atoms with Gasteiger partial charge < -0.3 is 10.5 Å². The summed E-state index contributed by atoms with van der Waals surface area (Å²) in [5.74, 6) is 0.117. The summed E-state index contributed by atoms with van der Waals surface area (Å²) in [4.78, 5) is 11.7. The number of nitrogens with zero attached hydrogens (tertiary/aromatic N) is 1. The molecule has 2 aromatic rings. The standard InChI is InChI=1S/C20H21Cl3N2O4S/c21-14-3-1-4-15(11-14)29-13-20(12-18(24)26)7-9-25(10-8-20)30(27,28)17-6-2-5-16(22)19(17)23/h1-6,11H,7-10,12-13H2,(H2,24,26). The van der Waals surface area contributed by atoms with Crippen LogP contribution in [0.3, 0.4) is 0 Å². The first-order valence-corrected chi connectivity index (χ1v) is 11.8. The maximum Gasteiger partial charge on any atom is 0.244 e. The van der Waals surface area contributed by atoms with E-state index in [1.807, 2.05) is 0 Å². The van der Waals surface area contributed by atoms with E-state index in [-0.39, 0.29) is 41.1 Å². The molecule has 0 unspecified atom stereocenters. The molecule has 162 valence electrons. The zero-order chi connectivity index (χ0) is 21.9. The molecule has 0 saturated carbocycles. The summed E-state index contributed by atoms with van der Waals surface area (Å²) in [6, 6.07) is 11.5. The van der Waals surface area contributed by atoms with Crippen LogP contribution in [0.25, 0.3) is 0 Å². The summed E-state index contributed by atoms with van der Waals surface area (Å²) >= 11 is 18.1. The van der Waals surface area contributed by atoms with E-state index in [2.05, 4.69) is 0 Å². The Morgan fingerprint density at radius 3 is 2.40 bits per heavy atom. The Morgan fingerprint density at radius 2 is 1.77 bits per heavy atom. The van der Waals surface area contributed by atoms with Crippen LogP contribution in [0, 0.1) is 5.41 Å². The Bertz CT molecular complexity index is 1040. The van der Waals surface area contributed by atoms with Gasteiger partial charge in [0.15, 0.2) is 0 Å². The predicted molar refractivity (Wildman–Crippen MR) is 118 cm³/mol. The van der Waals surface area contributed by atoms with E-state index in [0.717, 1.165) is 0 Å². The molecule has 6 nitrogen and oxygen atoms in total. The Kier molecular flexibility index (Phi) is 7.20. The molecule has 3 rings (SSSR count). The second-order valence-electron chi connectivity index (χ2n) is 7.35. The minimum absolute atomic E-state index is 0.00238. The van der Waals surface area contributed by atoms with Gasteiger partial charge in [-0.2, -0.15) is 4.31 Å². The van der Waals surface area contributed by atoms with Crippen LogP contribution < -0.4 is 10.5 Å². The third kappa shape index (κ3) is 5.21. The van der Waals surface area contributed by atoms with Crippen LogP contribution in [-0.4, -0.2) is 38.3 Å². The van der Waals surface area contributed by atoms with Crippen molar-refractivity contribution in [2.45, 2.75) is 24.2 Å². The lowest BCUT2D eigenvalue weighted by Gasteiger charge is -2.40. The third-order valence-corrected chi connectivity index (χ3v) is 8.31. The second-order valence-corrected chi connectivity index (χ2v) is 10.5. The van der Waals surface area contributed by atoms with E-state index >= 15 is 0 Å². The van der Waals surface area contributed by atoms with Crippen LogP contribution in [0.2, 0.25) is 15.1 Å². The van der Waals surface area contributed by atoms with Crippen molar-refractivity contribution in [3.8, 4) is 5.75 Å². The normalized spacial score (nSPS) is 16.9. The molecular formula is C20H21Cl3N2O4S. The van der Waals surface area contributed by atoms with Crippen LogP contribution >= 0.6 is 34.8 Å². The molecule has 0 bridgehead atoms. The average Bonchev–Trinajstić information content (AvgIpc) is 2.68. The summed E-state index contributed by atoms with van der Waals surface area (Å²) in [6.07, 6.45) is 0.918. The fraction of sp³-hybridized carbons (Fsp3) is 0.350. The van der Waals surface area contributed by atoms with E-state index in [1.54, 1.807) is 30.3 Å². The van der Waals surface area contributed by atoms with Crippen molar-refractivity contribution in [2.75, 3.05) is 19.7 Å². The molecule has 0 radical (unpaired) electrons. The number of amides is 1. The number of rotatable bonds is 7. The van der Waals surface area contributed by atoms with Crippen molar-refractivity contribution >= 4 is 50.7 Å². The number of ether oxygens (including phenoxy) is 1. The largest absolute Gasteiger partial charge is 0.493 e. The van der Waals surface area contributed by atoms with Crippen molar-refractivity contribution in [3.05, 3.63) is 57.5 Å². The molecule has 1 fully saturated rings. The van der Waals surface area contributed by atoms with Gasteiger partial charge in [-0.1, -0.05) is 46.9 Å². The highest BCUT2D eigenvalue weighted by Gasteiger charge is 2.41. The first kappa shape index (κ1) is 23.2. The topological polar surface area (TPSA) is 89.7 Å². The molecule has 2 aromatic carbocycles. The number of hydrogen-bond donors (Lipinski definition) is 1. The molecule has 1 amide bonds. The first-order chi connectivity index (χ1) is 14.1. The van der Waals surface area contributed by atoms with E-state index in [9.17, 15) is 13.2 Å². The molecule has 0 spiro atoms. The molecule has 0 atom stereocenters. The minimum Gasteiger partial charge on any atom is -0.493 e. The maximum atomic E-state index is 13.1. The van der Waals surface area contributed by atoms with E-state index in [1.165, 1.54) is 16.4 Å². The molecule has 1 saturated heterocycles. The van der Waals surface area contributed by atoms with Gasteiger partial charge in [0.05, 0.1) is 16.7 Å². The molecule has 1 aliphatic rings. The smallest absolute Gasteiger partial charge is 0.244 e. The van der Waals surface area contributed by atoms with Crippen molar-refractivity contribution in [1.82, 2.24) is 4.31 Å². The van der Waals surface area contributed by atoms with Crippen LogP contribution in [0.4, 0.5) is 0 Å². The molecule has 10 heteroatoms. The summed E-state index contributed by atoms with van der Waals surface area (Å²) in [5, 5.41) is 0.709. The second kappa shape index (κ2) is 9.32. The van der Waals surface area contributed by atoms with Gasteiger partial charge in [-0.15, -0.1) is 0 Å². The van der Waals surface area contributed by atoms with Gasteiger partial charge in [0.2, 0.25) is 15.9 Å². The first-order valence-electron chi connectivity index (χ1n) is 9.24. The highest BCUT2D eigenvalue weighted by Crippen LogP contribution is 2.39. The van der Waals surface area contributed by atoms with Gasteiger partial charge in [0.1, 0.15) is 10.6 Å². The maximum absolute atomic E-state index is 13.1. The Balaban J connectivity index is 1.76. The lowest BCUT2D eigenvalue weighted by Crippen LogP contribution is -2.47. The number of benzene rings is 2. The van der Waals surface area contributed by atoms with Gasteiger partial charge in [0, 0.05) is 29.9 Å². The SMILES string of the molecule is NC(=O)CC1(COc2cccc(Cl)c2)CCN(S(=O)(=O)c2cccc(Cl)c2Cl)CC1. The van der Waals surface area contributed by atoms with Crippen molar-refractivity contribution in [3.63, 3.8) is 0 Å². The molecule has 30 heavy (non-hydrogen) atoms. The highest BCUT2D eigenvalue weighted by molar-refractivity contribution is 7.89. The predicted octanol–water partition coefficient (Wildman–Crippen LogP) is 4.37. The van der Waals surface area contributed by atoms with Gasteiger partial charge in [-0.3, -0.25) is 4.79 Å². The summed E-state index contributed by atoms with van der Waals surface area (Å²) in [6.45, 7) is 0.636. The van der Waals surface area contributed by atoms with Crippen LogP contribution in [-0.2, 0) is 14.8 Å². The van der Waals surface area contributed by atoms with E-state index < -0.39 is 21.3 Å². The monoisotopic (exact) mass is 490 g/mol. The number of nitrogens with two attached hydrogens (primary N) is 1. The lowest BCUT2D eigenvalue weighted by molar-refractivity contribution is -0.121. The molecule has 0 aromatic heterocycles. The Hall–Kier alpha value is -1.51. The van der Waals surface area contributed by atoms with E-state index in [4.69, 9.17) is 45.3 Å². The zero-order valence-corrected chi connectivity index (χ0v) is 19.1. The Morgan fingerprint density at radius 1 is 1.10 bits per heavy atom. The quantitative estimate of drug-likeness (QED) is 0.623. The van der Waals surface area contributed by atoms with Crippen LogP contribution in [0.15, 0.2) is 47.4 Å². The van der Waals surface area contributed by atoms with Crippen LogP contribution in [0.1, 0.15) is 19.3 Å². The highest BCUT2D eigenvalue weighted by atomic mass is 35.5. The van der Waals surface area contributed by atoms with Gasteiger partial charge in [-0.25, -0.2) is 8.42 Å². The number of carbonyl (C=O) groups is 1. The van der Waals surface area contributed by atoms with Crippen molar-refractivity contribution < 1.29 is 17.9 Å². The van der Waals surface area contributed by atoms with E-state index in [0.29, 0.717) is 23.6 Å². The molecule has 1 heterocycles. The summed E-state index contributed by atoms with van der Waals surface area (Å²) in [5.41, 5.74) is 4.90. The van der Waals surface area contributed by atoms with Crippen molar-refractivity contribution in [2.24, 2.45) is 11.1 Å². The lowest BCUT2D eigenvalue weighted by atomic mass is 9.76. The van der Waals surface area contributed by atoms with Gasteiger partial charge in [-0.05, 0) is 43.2 Å². The number of sulfonamides is 1. The number of primary amides is 1. The number of piperidine rings is 1. The third-order valence-electron chi connectivity index (χ3n) is 5.21. The molecule has 1 aliphatic heterocycles. The average molecular weight is 492 g/mol.